The van der Waals surface area contributed by atoms with Gasteiger partial charge in [0.05, 0.1) is 18.0 Å². The number of nitrogens with one attached hydrogen (secondary N) is 1. The summed E-state index contributed by atoms with van der Waals surface area (Å²) in [5.74, 6) is 0.353. The van der Waals surface area contributed by atoms with Crippen molar-refractivity contribution in [1.82, 2.24) is 5.32 Å². The van der Waals surface area contributed by atoms with Gasteiger partial charge in [0, 0.05) is 24.2 Å². The summed E-state index contributed by atoms with van der Waals surface area (Å²) in [6.45, 7) is 6.07. The molecule has 6 nitrogen and oxygen atoms in total. The highest BCUT2D eigenvalue weighted by atomic mass is 32.2. The lowest BCUT2D eigenvalue weighted by atomic mass is 9.99. The van der Waals surface area contributed by atoms with Crippen molar-refractivity contribution in [1.29, 1.82) is 0 Å². The topological polar surface area (TPSA) is 69.7 Å². The summed E-state index contributed by atoms with van der Waals surface area (Å²) in [5.41, 5.74) is 2.69. The number of benzene rings is 3. The van der Waals surface area contributed by atoms with Crippen LogP contribution in [0.25, 0.3) is 10.8 Å². The molecule has 1 N–H and O–H groups in total. The first kappa shape index (κ1) is 24.1. The van der Waals surface area contributed by atoms with Gasteiger partial charge in [-0.25, -0.2) is 8.42 Å². The van der Waals surface area contributed by atoms with E-state index in [4.69, 9.17) is 0 Å². The maximum absolute atomic E-state index is 12.9. The molecule has 2 unspecified atom stereocenters. The first-order valence-corrected chi connectivity index (χ1v) is 13.7. The zero-order chi connectivity index (χ0) is 24.3. The SMILES string of the molecule is CC1CCCN(c2ccc(C(C)NC(=O)CN(c3cccc4ccccc34)S(C)(=O)=O)cc2)C1. The Labute approximate surface area is 202 Å². The molecule has 34 heavy (non-hydrogen) atoms. The van der Waals surface area contributed by atoms with E-state index in [1.807, 2.05) is 49.4 Å². The van der Waals surface area contributed by atoms with Crippen molar-refractivity contribution >= 4 is 38.1 Å². The van der Waals surface area contributed by atoms with Gasteiger partial charge in [-0.15, -0.1) is 0 Å². The Morgan fingerprint density at radius 3 is 2.50 bits per heavy atom. The summed E-state index contributed by atoms with van der Waals surface area (Å²) in [6.07, 6.45) is 3.62. The quantitative estimate of drug-likeness (QED) is 0.532. The van der Waals surface area contributed by atoms with Gasteiger partial charge in [0.15, 0.2) is 0 Å². The third kappa shape index (κ3) is 5.53. The number of piperidine rings is 1. The van der Waals surface area contributed by atoms with Gasteiger partial charge >= 0.3 is 0 Å². The summed E-state index contributed by atoms with van der Waals surface area (Å²) in [7, 11) is -3.66. The Kier molecular flexibility index (Phi) is 7.12. The molecule has 0 saturated carbocycles. The molecule has 1 aliphatic rings. The molecule has 1 amide bonds. The number of nitrogens with zero attached hydrogens (tertiary/aromatic N) is 2. The molecular formula is C27H33N3O3S. The second-order valence-corrected chi connectivity index (χ2v) is 11.2. The molecule has 1 heterocycles. The van der Waals surface area contributed by atoms with Gasteiger partial charge in [-0.3, -0.25) is 9.10 Å². The average Bonchev–Trinajstić information content (AvgIpc) is 2.81. The van der Waals surface area contributed by atoms with Crippen LogP contribution >= 0.6 is 0 Å². The molecule has 1 saturated heterocycles. The predicted octanol–water partition coefficient (Wildman–Crippen LogP) is 4.72. The summed E-state index contributed by atoms with van der Waals surface area (Å²) in [6, 6.07) is 21.1. The van der Waals surface area contributed by atoms with Crippen LogP contribution < -0.4 is 14.5 Å². The van der Waals surface area contributed by atoms with E-state index in [0.29, 0.717) is 11.6 Å². The number of sulfonamides is 1. The number of carbonyl (C=O) groups excluding carboxylic acids is 1. The van der Waals surface area contributed by atoms with Gasteiger partial charge in [-0.05, 0) is 54.8 Å². The van der Waals surface area contributed by atoms with Gasteiger partial charge in [-0.1, -0.05) is 55.5 Å². The van der Waals surface area contributed by atoms with Crippen LogP contribution in [0.15, 0.2) is 66.7 Å². The molecule has 2 atom stereocenters. The van der Waals surface area contributed by atoms with E-state index in [-0.39, 0.29) is 18.5 Å². The Morgan fingerprint density at radius 2 is 1.79 bits per heavy atom. The van der Waals surface area contributed by atoms with Crippen LogP contribution in [0.3, 0.4) is 0 Å². The minimum Gasteiger partial charge on any atom is -0.371 e. The van der Waals surface area contributed by atoms with E-state index < -0.39 is 10.0 Å². The molecular weight excluding hydrogens is 446 g/mol. The fourth-order valence-electron chi connectivity index (χ4n) is 4.71. The highest BCUT2D eigenvalue weighted by Crippen LogP contribution is 2.29. The fourth-order valence-corrected chi connectivity index (χ4v) is 5.57. The molecule has 7 heteroatoms. The van der Waals surface area contributed by atoms with Crippen molar-refractivity contribution in [3.63, 3.8) is 0 Å². The van der Waals surface area contributed by atoms with E-state index in [9.17, 15) is 13.2 Å². The number of anilines is 2. The van der Waals surface area contributed by atoms with Crippen LogP contribution in [0.5, 0.6) is 0 Å². The monoisotopic (exact) mass is 479 g/mol. The van der Waals surface area contributed by atoms with Gasteiger partial charge in [-0.2, -0.15) is 0 Å². The van der Waals surface area contributed by atoms with Crippen molar-refractivity contribution in [3.8, 4) is 0 Å². The van der Waals surface area contributed by atoms with Gasteiger partial charge in [0.1, 0.15) is 6.54 Å². The second-order valence-electron chi connectivity index (χ2n) is 9.34. The molecule has 0 aromatic heterocycles. The van der Waals surface area contributed by atoms with E-state index in [1.165, 1.54) is 22.8 Å². The molecule has 0 bridgehead atoms. The van der Waals surface area contributed by atoms with Crippen LogP contribution in [0.4, 0.5) is 11.4 Å². The number of fused-ring (bicyclic) bond motifs is 1. The Hall–Kier alpha value is -3.06. The van der Waals surface area contributed by atoms with Crippen LogP contribution in [0.2, 0.25) is 0 Å². The lowest BCUT2D eigenvalue weighted by molar-refractivity contribution is -0.120. The van der Waals surface area contributed by atoms with E-state index in [2.05, 4.69) is 29.3 Å². The maximum atomic E-state index is 12.9. The second kappa shape index (κ2) is 10.1. The van der Waals surface area contributed by atoms with Gasteiger partial charge in [0.2, 0.25) is 15.9 Å². The molecule has 3 aromatic rings. The largest absolute Gasteiger partial charge is 0.371 e. The zero-order valence-corrected chi connectivity index (χ0v) is 20.9. The summed E-state index contributed by atoms with van der Waals surface area (Å²) >= 11 is 0. The first-order chi connectivity index (χ1) is 16.2. The lowest BCUT2D eigenvalue weighted by Crippen LogP contribution is -2.41. The third-order valence-electron chi connectivity index (χ3n) is 6.52. The van der Waals surface area contributed by atoms with Crippen LogP contribution in [-0.4, -0.2) is 40.2 Å². The molecule has 0 aliphatic carbocycles. The minimum atomic E-state index is -3.66. The maximum Gasteiger partial charge on any atom is 0.241 e. The molecule has 4 rings (SSSR count). The lowest BCUT2D eigenvalue weighted by Gasteiger charge is -2.33. The molecule has 3 aromatic carbocycles. The summed E-state index contributed by atoms with van der Waals surface area (Å²) in [4.78, 5) is 15.3. The van der Waals surface area contributed by atoms with Crippen molar-refractivity contribution < 1.29 is 13.2 Å². The number of amides is 1. The van der Waals surface area contributed by atoms with Gasteiger partial charge in [0.25, 0.3) is 0 Å². The molecule has 0 radical (unpaired) electrons. The van der Waals surface area contributed by atoms with E-state index in [1.54, 1.807) is 12.1 Å². The van der Waals surface area contributed by atoms with Gasteiger partial charge < -0.3 is 10.2 Å². The predicted molar refractivity (Wildman–Crippen MR) is 140 cm³/mol. The Morgan fingerprint density at radius 1 is 1.09 bits per heavy atom. The van der Waals surface area contributed by atoms with Crippen molar-refractivity contribution in [3.05, 3.63) is 72.3 Å². The van der Waals surface area contributed by atoms with Crippen molar-refractivity contribution in [2.24, 2.45) is 5.92 Å². The highest BCUT2D eigenvalue weighted by molar-refractivity contribution is 7.92. The van der Waals surface area contributed by atoms with Crippen LogP contribution in [-0.2, 0) is 14.8 Å². The molecule has 1 fully saturated rings. The highest BCUT2D eigenvalue weighted by Gasteiger charge is 2.23. The Bertz CT molecular complexity index is 1250. The average molecular weight is 480 g/mol. The molecule has 0 spiro atoms. The fraction of sp³-hybridized carbons (Fsp3) is 0.370. The smallest absolute Gasteiger partial charge is 0.241 e. The van der Waals surface area contributed by atoms with E-state index >= 15 is 0 Å². The molecule has 1 aliphatic heterocycles. The number of rotatable bonds is 7. The Balaban J connectivity index is 1.47. The normalized spacial score (nSPS) is 17.4. The minimum absolute atomic E-state index is 0.240. The third-order valence-corrected chi connectivity index (χ3v) is 7.64. The molecule has 180 valence electrons. The van der Waals surface area contributed by atoms with Crippen LogP contribution in [0, 0.1) is 5.92 Å². The summed E-state index contributed by atoms with van der Waals surface area (Å²) < 4.78 is 26.4. The zero-order valence-electron chi connectivity index (χ0n) is 20.1. The number of hydrogen-bond donors (Lipinski definition) is 1. The number of hydrogen-bond acceptors (Lipinski definition) is 4. The standard InChI is InChI=1S/C27H33N3O3S/c1-20-8-7-17-29(18-20)24-15-13-22(14-16-24)21(2)28-27(31)19-30(34(3,32)33)26-12-6-10-23-9-4-5-11-25(23)26/h4-6,9-16,20-21H,7-8,17-19H2,1-3H3,(H,28,31). The van der Waals surface area contributed by atoms with Crippen molar-refractivity contribution in [2.75, 3.05) is 35.1 Å². The number of carbonyl (C=O) groups is 1. The van der Waals surface area contributed by atoms with E-state index in [0.717, 1.165) is 35.7 Å². The van der Waals surface area contributed by atoms with Crippen molar-refractivity contribution in [2.45, 2.75) is 32.7 Å². The summed E-state index contributed by atoms with van der Waals surface area (Å²) in [5, 5.41) is 4.68. The first-order valence-electron chi connectivity index (χ1n) is 11.8. The van der Waals surface area contributed by atoms with Crippen LogP contribution in [0.1, 0.15) is 38.3 Å².